The Morgan fingerprint density at radius 3 is 2.68 bits per heavy atom. The van der Waals surface area contributed by atoms with Gasteiger partial charge in [0.2, 0.25) is 0 Å². The van der Waals surface area contributed by atoms with Crippen molar-refractivity contribution >= 4 is 17.5 Å². The van der Waals surface area contributed by atoms with E-state index in [-0.39, 0.29) is 5.91 Å². The lowest BCUT2D eigenvalue weighted by molar-refractivity contribution is -0.127. The lowest BCUT2D eigenvalue weighted by atomic mass is 10.2. The third-order valence-corrected chi connectivity index (χ3v) is 3.26. The Morgan fingerprint density at radius 1 is 1.32 bits per heavy atom. The van der Waals surface area contributed by atoms with Crippen LogP contribution in [0.3, 0.4) is 0 Å². The van der Waals surface area contributed by atoms with E-state index in [2.05, 4.69) is 5.32 Å². The summed E-state index contributed by atoms with van der Waals surface area (Å²) in [4.78, 5) is 12.0. The van der Waals surface area contributed by atoms with E-state index in [0.29, 0.717) is 22.9 Å². The molecular formula is C17H15ClN2O2. The summed E-state index contributed by atoms with van der Waals surface area (Å²) in [7, 11) is 0. The van der Waals surface area contributed by atoms with Crippen LogP contribution in [-0.4, -0.2) is 12.0 Å². The van der Waals surface area contributed by atoms with Crippen LogP contribution in [0.4, 0.5) is 0 Å². The summed E-state index contributed by atoms with van der Waals surface area (Å²) in [6.07, 6.45) is -0.632. The molecule has 112 valence electrons. The SMILES string of the molecule is CC(Oc1ccc(C#N)cc1)C(=O)NCc1cccc(Cl)c1. The zero-order valence-electron chi connectivity index (χ0n) is 12.0. The molecule has 2 aromatic carbocycles. The summed E-state index contributed by atoms with van der Waals surface area (Å²) in [6, 6.07) is 16.0. The molecule has 0 bridgehead atoms. The fourth-order valence-electron chi connectivity index (χ4n) is 1.85. The van der Waals surface area contributed by atoms with E-state index < -0.39 is 6.10 Å². The van der Waals surface area contributed by atoms with Gasteiger partial charge < -0.3 is 10.1 Å². The molecule has 0 saturated carbocycles. The van der Waals surface area contributed by atoms with Crippen LogP contribution in [0.25, 0.3) is 0 Å². The number of rotatable bonds is 5. The van der Waals surface area contributed by atoms with Crippen LogP contribution in [0, 0.1) is 11.3 Å². The van der Waals surface area contributed by atoms with Crippen molar-refractivity contribution in [3.05, 3.63) is 64.7 Å². The first kappa shape index (κ1) is 15.9. The number of nitrogens with zero attached hydrogens (tertiary/aromatic N) is 1. The molecule has 0 radical (unpaired) electrons. The molecule has 1 atom stereocenters. The standard InChI is InChI=1S/C17H15ClN2O2/c1-12(22-16-7-5-13(10-19)6-8-16)17(21)20-11-14-3-2-4-15(18)9-14/h2-9,12H,11H2,1H3,(H,20,21). The molecule has 0 spiro atoms. The second-order valence-corrected chi connectivity index (χ2v) is 5.18. The number of hydrogen-bond acceptors (Lipinski definition) is 3. The number of carbonyl (C=O) groups excluding carboxylic acids is 1. The van der Waals surface area contributed by atoms with E-state index in [1.54, 1.807) is 43.3 Å². The molecule has 0 aliphatic carbocycles. The van der Waals surface area contributed by atoms with Crippen molar-refractivity contribution in [3.8, 4) is 11.8 Å². The van der Waals surface area contributed by atoms with Gasteiger partial charge >= 0.3 is 0 Å². The normalized spacial score (nSPS) is 11.3. The van der Waals surface area contributed by atoms with Gasteiger partial charge in [0.05, 0.1) is 11.6 Å². The van der Waals surface area contributed by atoms with Crippen LogP contribution in [0.15, 0.2) is 48.5 Å². The molecule has 2 aromatic rings. The molecule has 0 aliphatic rings. The van der Waals surface area contributed by atoms with Gasteiger partial charge in [-0.05, 0) is 48.9 Å². The van der Waals surface area contributed by atoms with Gasteiger partial charge in [0.25, 0.3) is 5.91 Å². The minimum atomic E-state index is -0.632. The topological polar surface area (TPSA) is 62.1 Å². The fraction of sp³-hybridized carbons (Fsp3) is 0.176. The average Bonchev–Trinajstić information content (AvgIpc) is 2.53. The molecule has 0 aliphatic heterocycles. The van der Waals surface area contributed by atoms with E-state index in [4.69, 9.17) is 21.6 Å². The highest BCUT2D eigenvalue weighted by molar-refractivity contribution is 6.30. The smallest absolute Gasteiger partial charge is 0.261 e. The maximum absolute atomic E-state index is 12.0. The number of hydrogen-bond donors (Lipinski definition) is 1. The molecule has 1 N–H and O–H groups in total. The first-order valence-electron chi connectivity index (χ1n) is 6.77. The van der Waals surface area contributed by atoms with E-state index in [1.807, 2.05) is 18.2 Å². The Labute approximate surface area is 134 Å². The summed E-state index contributed by atoms with van der Waals surface area (Å²) < 4.78 is 5.54. The Hall–Kier alpha value is -2.51. The van der Waals surface area contributed by atoms with Crippen molar-refractivity contribution in [1.82, 2.24) is 5.32 Å². The number of carbonyl (C=O) groups is 1. The molecule has 0 aromatic heterocycles. The van der Waals surface area contributed by atoms with Crippen LogP contribution in [0.5, 0.6) is 5.75 Å². The number of halogens is 1. The summed E-state index contributed by atoms with van der Waals surface area (Å²) in [5.74, 6) is 0.328. The van der Waals surface area contributed by atoms with Crippen molar-refractivity contribution in [3.63, 3.8) is 0 Å². The van der Waals surface area contributed by atoms with Gasteiger partial charge in [-0.3, -0.25) is 4.79 Å². The van der Waals surface area contributed by atoms with Crippen molar-refractivity contribution < 1.29 is 9.53 Å². The zero-order chi connectivity index (χ0) is 15.9. The summed E-state index contributed by atoms with van der Waals surface area (Å²) >= 11 is 5.89. The van der Waals surface area contributed by atoms with Gasteiger partial charge in [-0.25, -0.2) is 0 Å². The van der Waals surface area contributed by atoms with Crippen LogP contribution >= 0.6 is 11.6 Å². The van der Waals surface area contributed by atoms with Crippen LogP contribution < -0.4 is 10.1 Å². The summed E-state index contributed by atoms with van der Waals surface area (Å²) in [5, 5.41) is 12.2. The third kappa shape index (κ3) is 4.51. The third-order valence-electron chi connectivity index (χ3n) is 3.02. The summed E-state index contributed by atoms with van der Waals surface area (Å²) in [5.41, 5.74) is 1.47. The second-order valence-electron chi connectivity index (χ2n) is 4.74. The molecule has 0 heterocycles. The van der Waals surface area contributed by atoms with E-state index in [1.165, 1.54) is 0 Å². The maximum atomic E-state index is 12.0. The minimum Gasteiger partial charge on any atom is -0.481 e. The Balaban J connectivity index is 1.87. The highest BCUT2D eigenvalue weighted by Crippen LogP contribution is 2.14. The number of nitriles is 1. The number of benzene rings is 2. The molecule has 22 heavy (non-hydrogen) atoms. The largest absolute Gasteiger partial charge is 0.481 e. The highest BCUT2D eigenvalue weighted by atomic mass is 35.5. The molecule has 5 heteroatoms. The summed E-state index contributed by atoms with van der Waals surface area (Å²) in [6.45, 7) is 2.06. The van der Waals surface area contributed by atoms with Crippen LogP contribution in [-0.2, 0) is 11.3 Å². The average molecular weight is 315 g/mol. The molecule has 2 rings (SSSR count). The number of ether oxygens (including phenoxy) is 1. The quantitative estimate of drug-likeness (QED) is 0.921. The molecule has 4 nitrogen and oxygen atoms in total. The first-order chi connectivity index (χ1) is 10.6. The Bertz CT molecular complexity index is 693. The number of nitrogens with one attached hydrogen (secondary N) is 1. The van der Waals surface area contributed by atoms with E-state index in [0.717, 1.165) is 5.56 Å². The van der Waals surface area contributed by atoms with Crippen molar-refractivity contribution in [2.75, 3.05) is 0 Å². The minimum absolute atomic E-state index is 0.218. The molecule has 1 unspecified atom stereocenters. The Kier molecular flexibility index (Phi) is 5.40. The van der Waals surface area contributed by atoms with Crippen molar-refractivity contribution in [2.45, 2.75) is 19.6 Å². The molecule has 0 saturated heterocycles. The highest BCUT2D eigenvalue weighted by Gasteiger charge is 2.14. The molecule has 1 amide bonds. The van der Waals surface area contributed by atoms with E-state index >= 15 is 0 Å². The zero-order valence-corrected chi connectivity index (χ0v) is 12.8. The van der Waals surface area contributed by atoms with Crippen molar-refractivity contribution in [1.29, 1.82) is 5.26 Å². The van der Waals surface area contributed by atoms with Gasteiger partial charge in [-0.15, -0.1) is 0 Å². The number of amides is 1. The lowest BCUT2D eigenvalue weighted by Gasteiger charge is -2.14. The van der Waals surface area contributed by atoms with Gasteiger partial charge in [0.1, 0.15) is 5.75 Å². The van der Waals surface area contributed by atoms with Gasteiger partial charge in [0, 0.05) is 11.6 Å². The van der Waals surface area contributed by atoms with Crippen LogP contribution in [0.2, 0.25) is 5.02 Å². The lowest BCUT2D eigenvalue weighted by Crippen LogP contribution is -2.35. The maximum Gasteiger partial charge on any atom is 0.261 e. The molecule has 0 fully saturated rings. The van der Waals surface area contributed by atoms with Gasteiger partial charge in [0.15, 0.2) is 6.10 Å². The Morgan fingerprint density at radius 2 is 2.05 bits per heavy atom. The van der Waals surface area contributed by atoms with Gasteiger partial charge in [-0.1, -0.05) is 23.7 Å². The van der Waals surface area contributed by atoms with Gasteiger partial charge in [-0.2, -0.15) is 5.26 Å². The molecular weight excluding hydrogens is 300 g/mol. The first-order valence-corrected chi connectivity index (χ1v) is 7.15. The predicted molar refractivity (Wildman–Crippen MR) is 84.5 cm³/mol. The second kappa shape index (κ2) is 7.48. The van der Waals surface area contributed by atoms with Crippen molar-refractivity contribution in [2.24, 2.45) is 0 Å². The van der Waals surface area contributed by atoms with E-state index in [9.17, 15) is 4.79 Å². The monoisotopic (exact) mass is 314 g/mol. The fourth-order valence-corrected chi connectivity index (χ4v) is 2.06. The van der Waals surface area contributed by atoms with Crippen LogP contribution in [0.1, 0.15) is 18.1 Å². The predicted octanol–water partition coefficient (Wildman–Crippen LogP) is 3.30.